The van der Waals surface area contributed by atoms with Crippen LogP contribution in [0.15, 0.2) is 60.0 Å². The minimum atomic E-state index is -4.06. The fourth-order valence-electron chi connectivity index (χ4n) is 3.85. The maximum atomic E-state index is 14.8. The topological polar surface area (TPSA) is 43.4 Å². The molecule has 0 spiro atoms. The molecule has 2 aromatic rings. The standard InChI is InChI=1S/C21H21ClF2O3S/c1-2-12-27-17-4-3-11-21(14-17,19-13-16(23)7-10-20(19)24)28(25,26)18-8-5-15(22)6-9-18/h2,5-10,13,17H,1,3-4,11-12,14H2/t17-,21-/m0/s1. The van der Waals surface area contributed by atoms with Crippen molar-refractivity contribution in [2.45, 2.75) is 41.4 Å². The van der Waals surface area contributed by atoms with Crippen LogP contribution in [0.3, 0.4) is 0 Å². The van der Waals surface area contributed by atoms with Crippen LogP contribution in [0.25, 0.3) is 0 Å². The van der Waals surface area contributed by atoms with E-state index in [-0.39, 0.29) is 29.9 Å². The average Bonchev–Trinajstić information content (AvgIpc) is 2.68. The SMILES string of the molecule is C=CCO[C@H]1CCC[C@](c2cc(F)ccc2F)(S(=O)(=O)c2ccc(Cl)cc2)C1. The quantitative estimate of drug-likeness (QED) is 0.578. The second-order valence-corrected chi connectivity index (χ2v) is 9.61. The van der Waals surface area contributed by atoms with Gasteiger partial charge in [0.05, 0.1) is 17.6 Å². The normalized spacial score (nSPS) is 22.8. The molecule has 7 heteroatoms. The molecule has 3 nitrogen and oxygen atoms in total. The van der Waals surface area contributed by atoms with Crippen molar-refractivity contribution in [2.75, 3.05) is 6.61 Å². The van der Waals surface area contributed by atoms with Crippen LogP contribution in [0.1, 0.15) is 31.2 Å². The third-order valence-corrected chi connectivity index (χ3v) is 7.94. The molecular formula is C21H21ClF2O3S. The van der Waals surface area contributed by atoms with Crippen LogP contribution in [0, 0.1) is 11.6 Å². The molecule has 0 heterocycles. The van der Waals surface area contributed by atoms with Crippen LogP contribution < -0.4 is 0 Å². The van der Waals surface area contributed by atoms with Crippen LogP contribution in [0.2, 0.25) is 5.02 Å². The van der Waals surface area contributed by atoms with Crippen LogP contribution in [0.5, 0.6) is 0 Å². The molecule has 1 aliphatic carbocycles. The molecule has 1 fully saturated rings. The molecule has 1 aliphatic rings. The monoisotopic (exact) mass is 426 g/mol. The van der Waals surface area contributed by atoms with E-state index in [1.54, 1.807) is 6.08 Å². The first kappa shape index (κ1) is 21.0. The molecule has 150 valence electrons. The Balaban J connectivity index is 2.18. The number of rotatable bonds is 6. The Labute approximate surface area is 168 Å². The molecule has 28 heavy (non-hydrogen) atoms. The first-order valence-electron chi connectivity index (χ1n) is 8.98. The van der Waals surface area contributed by atoms with Crippen molar-refractivity contribution >= 4 is 21.4 Å². The van der Waals surface area contributed by atoms with E-state index in [2.05, 4.69) is 6.58 Å². The molecule has 0 unspecified atom stereocenters. The Morgan fingerprint density at radius 1 is 1.21 bits per heavy atom. The van der Waals surface area contributed by atoms with E-state index in [0.717, 1.165) is 18.2 Å². The number of halogens is 3. The molecule has 1 saturated carbocycles. The maximum absolute atomic E-state index is 14.8. The van der Waals surface area contributed by atoms with Crippen molar-refractivity contribution in [3.8, 4) is 0 Å². The maximum Gasteiger partial charge on any atom is 0.188 e. The lowest BCUT2D eigenvalue weighted by Gasteiger charge is -2.40. The summed E-state index contributed by atoms with van der Waals surface area (Å²) < 4.78 is 60.2. The Kier molecular flexibility index (Phi) is 6.22. The highest BCUT2D eigenvalue weighted by atomic mass is 35.5. The summed E-state index contributed by atoms with van der Waals surface area (Å²) in [7, 11) is -4.06. The fourth-order valence-corrected chi connectivity index (χ4v) is 6.19. The zero-order valence-electron chi connectivity index (χ0n) is 15.2. The molecule has 2 aromatic carbocycles. The van der Waals surface area contributed by atoms with Crippen molar-refractivity contribution in [3.05, 3.63) is 77.3 Å². The van der Waals surface area contributed by atoms with Gasteiger partial charge in [0.15, 0.2) is 9.84 Å². The molecule has 3 rings (SSSR count). The zero-order chi connectivity index (χ0) is 20.4. The van der Waals surface area contributed by atoms with Crippen molar-refractivity contribution in [1.29, 1.82) is 0 Å². The van der Waals surface area contributed by atoms with Gasteiger partial charge in [0.1, 0.15) is 16.4 Å². The molecule has 0 bridgehead atoms. The summed E-state index contributed by atoms with van der Waals surface area (Å²) in [6.07, 6.45) is 2.52. The molecule has 0 amide bonds. The van der Waals surface area contributed by atoms with Gasteiger partial charge in [-0.05, 0) is 68.1 Å². The van der Waals surface area contributed by atoms with Crippen molar-refractivity contribution in [1.82, 2.24) is 0 Å². The predicted molar refractivity (Wildman–Crippen MR) is 105 cm³/mol. The third kappa shape index (κ3) is 3.86. The van der Waals surface area contributed by atoms with Crippen molar-refractivity contribution in [3.63, 3.8) is 0 Å². The summed E-state index contributed by atoms with van der Waals surface area (Å²) in [5, 5.41) is 0.390. The Bertz CT molecular complexity index is 960. The highest BCUT2D eigenvalue weighted by molar-refractivity contribution is 7.92. The molecule has 0 saturated heterocycles. The van der Waals surface area contributed by atoms with E-state index in [9.17, 15) is 17.2 Å². The average molecular weight is 427 g/mol. The van der Waals surface area contributed by atoms with Gasteiger partial charge in [0.25, 0.3) is 0 Å². The second-order valence-electron chi connectivity index (χ2n) is 6.92. The highest BCUT2D eigenvalue weighted by Crippen LogP contribution is 2.48. The lowest BCUT2D eigenvalue weighted by Crippen LogP contribution is -2.43. The summed E-state index contributed by atoms with van der Waals surface area (Å²) in [6, 6.07) is 8.67. The molecular weight excluding hydrogens is 406 g/mol. The summed E-state index contributed by atoms with van der Waals surface area (Å²) in [4.78, 5) is 0.0185. The minimum absolute atomic E-state index is 0.0185. The first-order valence-corrected chi connectivity index (χ1v) is 10.8. The van der Waals surface area contributed by atoms with Crippen LogP contribution in [-0.4, -0.2) is 21.1 Å². The minimum Gasteiger partial charge on any atom is -0.374 e. The lowest BCUT2D eigenvalue weighted by atomic mass is 9.81. The van der Waals surface area contributed by atoms with Gasteiger partial charge < -0.3 is 4.74 Å². The van der Waals surface area contributed by atoms with E-state index in [0.29, 0.717) is 17.9 Å². The molecule has 0 radical (unpaired) electrons. The van der Waals surface area contributed by atoms with Crippen LogP contribution in [0.4, 0.5) is 8.78 Å². The van der Waals surface area contributed by atoms with Crippen molar-refractivity contribution in [2.24, 2.45) is 0 Å². The molecule has 2 atom stereocenters. The Morgan fingerprint density at radius 2 is 1.93 bits per heavy atom. The third-order valence-electron chi connectivity index (χ3n) is 5.17. The predicted octanol–water partition coefficient (Wildman–Crippen LogP) is 5.43. The summed E-state index contributed by atoms with van der Waals surface area (Å²) >= 11 is 5.89. The fraction of sp³-hybridized carbons (Fsp3) is 0.333. The van der Waals surface area contributed by atoms with Gasteiger partial charge in [-0.3, -0.25) is 0 Å². The number of benzene rings is 2. The number of ether oxygens (including phenoxy) is 1. The zero-order valence-corrected chi connectivity index (χ0v) is 16.8. The summed E-state index contributed by atoms with van der Waals surface area (Å²) in [6.45, 7) is 3.86. The van der Waals surface area contributed by atoms with E-state index in [1.165, 1.54) is 24.3 Å². The number of sulfone groups is 1. The Hall–Kier alpha value is -1.76. The number of hydrogen-bond acceptors (Lipinski definition) is 3. The Morgan fingerprint density at radius 3 is 2.61 bits per heavy atom. The first-order chi connectivity index (χ1) is 13.3. The molecule has 0 N–H and O–H groups in total. The smallest absolute Gasteiger partial charge is 0.188 e. The number of hydrogen-bond donors (Lipinski definition) is 0. The highest BCUT2D eigenvalue weighted by Gasteiger charge is 2.51. The van der Waals surface area contributed by atoms with Gasteiger partial charge in [-0.25, -0.2) is 17.2 Å². The second kappa shape index (κ2) is 8.31. The van der Waals surface area contributed by atoms with Gasteiger partial charge in [-0.2, -0.15) is 0 Å². The van der Waals surface area contributed by atoms with E-state index in [1.807, 2.05) is 0 Å². The van der Waals surface area contributed by atoms with Gasteiger partial charge >= 0.3 is 0 Å². The van der Waals surface area contributed by atoms with Crippen molar-refractivity contribution < 1.29 is 21.9 Å². The molecule has 0 aliphatic heterocycles. The van der Waals surface area contributed by atoms with Gasteiger partial charge in [0, 0.05) is 10.6 Å². The summed E-state index contributed by atoms with van der Waals surface area (Å²) in [5.74, 6) is -1.43. The van der Waals surface area contributed by atoms with E-state index < -0.39 is 32.3 Å². The van der Waals surface area contributed by atoms with E-state index in [4.69, 9.17) is 16.3 Å². The molecule has 0 aromatic heterocycles. The van der Waals surface area contributed by atoms with Gasteiger partial charge in [-0.1, -0.05) is 17.7 Å². The summed E-state index contributed by atoms with van der Waals surface area (Å²) in [5.41, 5.74) is -0.158. The van der Waals surface area contributed by atoms with E-state index >= 15 is 0 Å². The van der Waals surface area contributed by atoms with Gasteiger partial charge in [-0.15, -0.1) is 6.58 Å². The largest absolute Gasteiger partial charge is 0.374 e. The lowest BCUT2D eigenvalue weighted by molar-refractivity contribution is 0.0332. The van der Waals surface area contributed by atoms with Gasteiger partial charge in [0.2, 0.25) is 0 Å². The van der Waals surface area contributed by atoms with Crippen LogP contribution >= 0.6 is 11.6 Å². The van der Waals surface area contributed by atoms with Crippen LogP contribution in [-0.2, 0) is 19.3 Å².